The number of thiazole rings is 1. The summed E-state index contributed by atoms with van der Waals surface area (Å²) in [7, 11) is 0. The molecule has 4 bridgehead atoms. The van der Waals surface area contributed by atoms with Crippen molar-refractivity contribution in [2.24, 2.45) is 23.2 Å². The van der Waals surface area contributed by atoms with Crippen molar-refractivity contribution in [2.45, 2.75) is 44.9 Å². The average molecular weight is 330 g/mol. The van der Waals surface area contributed by atoms with Crippen LogP contribution in [0.15, 0.2) is 11.7 Å². The molecular formula is C17H22N4OS. The van der Waals surface area contributed by atoms with Crippen LogP contribution in [0.25, 0.3) is 4.96 Å². The Morgan fingerprint density at radius 2 is 1.96 bits per heavy atom. The van der Waals surface area contributed by atoms with Crippen LogP contribution in [0.5, 0.6) is 0 Å². The fourth-order valence-corrected chi connectivity index (χ4v) is 6.58. The second-order valence-electron chi connectivity index (χ2n) is 7.91. The Bertz CT molecular complexity index is 713. The van der Waals surface area contributed by atoms with Crippen LogP contribution in [0.2, 0.25) is 0 Å². The van der Waals surface area contributed by atoms with Crippen molar-refractivity contribution >= 4 is 22.2 Å². The molecular weight excluding hydrogens is 308 g/mol. The highest BCUT2D eigenvalue weighted by Crippen LogP contribution is 2.60. The van der Waals surface area contributed by atoms with Crippen molar-refractivity contribution in [3.63, 3.8) is 0 Å². The van der Waals surface area contributed by atoms with Gasteiger partial charge in [0.1, 0.15) is 6.33 Å². The number of amides is 1. The van der Waals surface area contributed by atoms with E-state index >= 15 is 0 Å². The Morgan fingerprint density at radius 1 is 1.26 bits per heavy atom. The van der Waals surface area contributed by atoms with Gasteiger partial charge in [0.05, 0.1) is 0 Å². The van der Waals surface area contributed by atoms with Gasteiger partial charge < -0.3 is 5.32 Å². The van der Waals surface area contributed by atoms with Gasteiger partial charge in [-0.15, -0.1) is 21.5 Å². The van der Waals surface area contributed by atoms with Gasteiger partial charge in [-0.1, -0.05) is 0 Å². The maximum Gasteiger partial charge on any atom is 0.226 e. The van der Waals surface area contributed by atoms with Gasteiger partial charge in [-0.3, -0.25) is 9.20 Å². The van der Waals surface area contributed by atoms with E-state index in [1.807, 2.05) is 4.40 Å². The molecule has 0 aliphatic heterocycles. The predicted molar refractivity (Wildman–Crippen MR) is 88.2 cm³/mol. The van der Waals surface area contributed by atoms with Crippen LogP contribution >= 0.6 is 11.3 Å². The van der Waals surface area contributed by atoms with Gasteiger partial charge in [-0.05, 0) is 56.3 Å². The fourth-order valence-electron chi connectivity index (χ4n) is 5.74. The molecule has 0 aromatic carbocycles. The summed E-state index contributed by atoms with van der Waals surface area (Å²) in [6, 6.07) is 0. The molecule has 1 N–H and O–H groups in total. The Labute approximate surface area is 139 Å². The third kappa shape index (κ3) is 2.22. The molecule has 2 aromatic heterocycles. The van der Waals surface area contributed by atoms with E-state index in [9.17, 15) is 4.79 Å². The largest absolute Gasteiger partial charge is 0.355 e. The number of hydrogen-bond donors (Lipinski definition) is 1. The first kappa shape index (κ1) is 14.0. The van der Waals surface area contributed by atoms with E-state index in [1.165, 1.54) is 25.0 Å². The van der Waals surface area contributed by atoms with Gasteiger partial charge in [0, 0.05) is 29.5 Å². The van der Waals surface area contributed by atoms with Gasteiger partial charge in [0.15, 0.2) is 0 Å². The molecule has 4 aliphatic carbocycles. The molecule has 1 amide bonds. The van der Waals surface area contributed by atoms with Crippen LogP contribution in [-0.4, -0.2) is 27.0 Å². The minimum Gasteiger partial charge on any atom is -0.355 e. The van der Waals surface area contributed by atoms with Gasteiger partial charge in [0.25, 0.3) is 0 Å². The summed E-state index contributed by atoms with van der Waals surface area (Å²) in [5.41, 5.74) is 1.15. The number of hydrogen-bond acceptors (Lipinski definition) is 4. The minimum atomic E-state index is -0.0325. The van der Waals surface area contributed by atoms with Crippen molar-refractivity contribution in [1.29, 1.82) is 0 Å². The molecule has 0 radical (unpaired) electrons. The summed E-state index contributed by atoms with van der Waals surface area (Å²) >= 11 is 1.60. The zero-order chi connectivity index (χ0) is 15.4. The number of fused-ring (bicyclic) bond motifs is 1. The monoisotopic (exact) mass is 330 g/mol. The molecule has 2 aromatic rings. The second kappa shape index (κ2) is 5.03. The lowest BCUT2D eigenvalue weighted by Crippen LogP contribution is -2.53. The topological polar surface area (TPSA) is 59.3 Å². The van der Waals surface area contributed by atoms with Gasteiger partial charge >= 0.3 is 0 Å². The van der Waals surface area contributed by atoms with Crippen molar-refractivity contribution < 1.29 is 4.79 Å². The lowest BCUT2D eigenvalue weighted by Gasteiger charge is -2.55. The molecule has 4 saturated carbocycles. The molecule has 2 heterocycles. The molecule has 6 heteroatoms. The summed E-state index contributed by atoms with van der Waals surface area (Å²) in [6.45, 7) is 0.713. The molecule has 6 rings (SSSR count). The predicted octanol–water partition coefficient (Wildman–Crippen LogP) is 2.67. The SMILES string of the molecule is O=C(NCCc1csc2nncn12)C12CC3CC(CC(C3)C1)C2. The van der Waals surface area contributed by atoms with Crippen molar-refractivity contribution in [2.75, 3.05) is 6.54 Å². The second-order valence-corrected chi connectivity index (χ2v) is 8.75. The Kier molecular flexibility index (Phi) is 3.05. The fraction of sp³-hybridized carbons (Fsp3) is 0.706. The zero-order valence-corrected chi connectivity index (χ0v) is 14.0. The van der Waals surface area contributed by atoms with Gasteiger partial charge in [0.2, 0.25) is 10.9 Å². The van der Waals surface area contributed by atoms with Crippen LogP contribution in [-0.2, 0) is 11.2 Å². The smallest absolute Gasteiger partial charge is 0.226 e. The van der Waals surface area contributed by atoms with Crippen molar-refractivity contribution in [3.05, 3.63) is 17.4 Å². The molecule has 0 atom stereocenters. The molecule has 23 heavy (non-hydrogen) atoms. The maximum atomic E-state index is 12.9. The third-order valence-corrected chi connectivity index (χ3v) is 7.19. The summed E-state index contributed by atoms with van der Waals surface area (Å²) < 4.78 is 2.02. The summed E-state index contributed by atoms with van der Waals surface area (Å²) in [5.74, 6) is 2.79. The Morgan fingerprint density at radius 3 is 2.65 bits per heavy atom. The first-order valence-electron chi connectivity index (χ1n) is 8.76. The van der Waals surface area contributed by atoms with Crippen LogP contribution in [0.3, 0.4) is 0 Å². The van der Waals surface area contributed by atoms with E-state index in [0.29, 0.717) is 12.5 Å². The van der Waals surface area contributed by atoms with E-state index in [1.54, 1.807) is 17.7 Å². The van der Waals surface area contributed by atoms with Crippen molar-refractivity contribution in [1.82, 2.24) is 19.9 Å². The number of carbonyl (C=O) groups excluding carboxylic acids is 1. The zero-order valence-electron chi connectivity index (χ0n) is 13.2. The molecule has 0 spiro atoms. The maximum absolute atomic E-state index is 12.9. The Hall–Kier alpha value is -1.43. The van der Waals surface area contributed by atoms with E-state index in [0.717, 1.165) is 48.4 Å². The number of nitrogens with one attached hydrogen (secondary N) is 1. The van der Waals surface area contributed by atoms with Crippen LogP contribution in [0, 0.1) is 23.2 Å². The molecule has 122 valence electrons. The minimum absolute atomic E-state index is 0.0325. The van der Waals surface area contributed by atoms with Gasteiger partial charge in [-0.2, -0.15) is 0 Å². The Balaban J connectivity index is 1.25. The number of rotatable bonds is 4. The standard InChI is InChI=1S/C17H22N4OS/c22-15(17-6-11-3-12(7-17)5-13(4-11)8-17)18-2-1-14-9-23-16-20-19-10-21(14)16/h9-13H,1-8H2,(H,18,22). The van der Waals surface area contributed by atoms with Crippen LogP contribution < -0.4 is 5.32 Å². The van der Waals surface area contributed by atoms with Crippen molar-refractivity contribution in [3.8, 4) is 0 Å². The number of carbonyl (C=O) groups is 1. The average Bonchev–Trinajstić information content (AvgIpc) is 3.10. The highest BCUT2D eigenvalue weighted by atomic mass is 32.1. The first-order valence-corrected chi connectivity index (χ1v) is 9.64. The summed E-state index contributed by atoms with van der Waals surface area (Å²) in [6.07, 6.45) is 10.2. The quantitative estimate of drug-likeness (QED) is 0.937. The number of nitrogens with zero attached hydrogens (tertiary/aromatic N) is 3. The lowest BCUT2D eigenvalue weighted by atomic mass is 9.49. The molecule has 5 nitrogen and oxygen atoms in total. The molecule has 0 unspecified atom stereocenters. The molecule has 4 aliphatic rings. The molecule has 4 fully saturated rings. The van der Waals surface area contributed by atoms with Crippen LogP contribution in [0.4, 0.5) is 0 Å². The first-order chi connectivity index (χ1) is 11.2. The molecule has 0 saturated heterocycles. The van der Waals surface area contributed by atoms with E-state index in [2.05, 4.69) is 20.9 Å². The normalized spacial score (nSPS) is 35.0. The van der Waals surface area contributed by atoms with E-state index < -0.39 is 0 Å². The highest BCUT2D eigenvalue weighted by molar-refractivity contribution is 7.15. The summed E-state index contributed by atoms with van der Waals surface area (Å²) in [4.78, 5) is 13.8. The van der Waals surface area contributed by atoms with E-state index in [-0.39, 0.29) is 5.41 Å². The number of aromatic nitrogens is 3. The summed E-state index contributed by atoms with van der Waals surface area (Å²) in [5, 5.41) is 13.3. The lowest BCUT2D eigenvalue weighted by molar-refractivity contribution is -0.146. The van der Waals surface area contributed by atoms with Crippen LogP contribution in [0.1, 0.15) is 44.2 Å². The third-order valence-electron chi connectivity index (χ3n) is 6.31. The van der Waals surface area contributed by atoms with Gasteiger partial charge in [-0.25, -0.2) is 0 Å². The highest BCUT2D eigenvalue weighted by Gasteiger charge is 2.54. The van der Waals surface area contributed by atoms with E-state index in [4.69, 9.17) is 0 Å².